The summed E-state index contributed by atoms with van der Waals surface area (Å²) >= 11 is 0. The predicted octanol–water partition coefficient (Wildman–Crippen LogP) is 2.06. The first-order valence-electron chi connectivity index (χ1n) is 8.83. The maximum absolute atomic E-state index is 12.7. The van der Waals surface area contributed by atoms with E-state index in [1.54, 1.807) is 37.3 Å². The molecule has 9 heteroatoms. The van der Waals surface area contributed by atoms with Crippen LogP contribution in [0.3, 0.4) is 0 Å². The monoisotopic (exact) mass is 407 g/mol. The molecule has 1 heterocycles. The van der Waals surface area contributed by atoms with Crippen molar-refractivity contribution in [3.63, 3.8) is 0 Å². The Morgan fingerprint density at radius 2 is 1.86 bits per heavy atom. The molecule has 1 aromatic heterocycles. The highest BCUT2D eigenvalue weighted by molar-refractivity contribution is 7.89. The van der Waals surface area contributed by atoms with Crippen LogP contribution in [0, 0.1) is 6.92 Å². The normalized spacial score (nSPS) is 11.4. The lowest BCUT2D eigenvalue weighted by Gasteiger charge is -2.17. The second kappa shape index (κ2) is 10.2. The summed E-state index contributed by atoms with van der Waals surface area (Å²) in [6.45, 7) is 4.83. The van der Waals surface area contributed by atoms with Gasteiger partial charge in [0.15, 0.2) is 0 Å². The summed E-state index contributed by atoms with van der Waals surface area (Å²) in [6.07, 6.45) is 0. The summed E-state index contributed by atoms with van der Waals surface area (Å²) in [6, 6.07) is 11.2. The van der Waals surface area contributed by atoms with Crippen molar-refractivity contribution < 1.29 is 22.7 Å². The van der Waals surface area contributed by atoms with E-state index in [9.17, 15) is 13.2 Å². The molecule has 0 saturated carbocycles. The van der Waals surface area contributed by atoms with Crippen molar-refractivity contribution in [2.75, 3.05) is 38.7 Å². The molecule has 1 aromatic carbocycles. The molecule has 0 aliphatic carbocycles. The number of ether oxygens (including phenoxy) is 2. The van der Waals surface area contributed by atoms with Gasteiger partial charge in [0, 0.05) is 19.3 Å². The van der Waals surface area contributed by atoms with Gasteiger partial charge in [-0.05, 0) is 50.2 Å². The predicted molar refractivity (Wildman–Crippen MR) is 106 cm³/mol. The maximum Gasteiger partial charge on any atom is 0.243 e. The summed E-state index contributed by atoms with van der Waals surface area (Å²) in [5.41, 5.74) is 0.752. The molecule has 0 atom stereocenters. The first-order chi connectivity index (χ1) is 13.3. The number of pyridine rings is 1. The molecule has 152 valence electrons. The van der Waals surface area contributed by atoms with Crippen LogP contribution in [0.15, 0.2) is 47.4 Å². The Kier molecular flexibility index (Phi) is 7.91. The number of carbonyl (C=O) groups is 1. The highest BCUT2D eigenvalue weighted by atomic mass is 32.2. The number of rotatable bonds is 10. The van der Waals surface area contributed by atoms with Crippen LogP contribution < -0.4 is 10.1 Å². The maximum atomic E-state index is 12.7. The third kappa shape index (κ3) is 6.29. The molecule has 2 rings (SSSR count). The molecule has 0 aliphatic rings. The van der Waals surface area contributed by atoms with E-state index in [2.05, 4.69) is 10.3 Å². The molecule has 0 aliphatic heterocycles. The van der Waals surface area contributed by atoms with Gasteiger partial charge in [-0.2, -0.15) is 4.31 Å². The standard InChI is InChI=1S/C19H25N3O5S/c1-4-26-12-13-27-16-8-10-17(11-9-16)28(24,25)22(3)14-19(23)21-18-7-5-6-15(2)20-18/h5-11H,4,12-14H2,1-3H3,(H,20,21,23). The number of sulfonamides is 1. The van der Waals surface area contributed by atoms with E-state index in [4.69, 9.17) is 9.47 Å². The average Bonchev–Trinajstić information content (AvgIpc) is 2.65. The molecule has 0 fully saturated rings. The third-order valence-electron chi connectivity index (χ3n) is 3.75. The van der Waals surface area contributed by atoms with E-state index in [-0.39, 0.29) is 11.4 Å². The summed E-state index contributed by atoms with van der Waals surface area (Å²) < 4.78 is 37.0. The molecule has 0 bridgehead atoms. The molecule has 0 saturated heterocycles. The Labute approximate surface area is 165 Å². The number of hydrogen-bond donors (Lipinski definition) is 1. The Balaban J connectivity index is 1.95. The molecule has 0 unspecified atom stereocenters. The van der Waals surface area contributed by atoms with Crippen molar-refractivity contribution in [2.24, 2.45) is 0 Å². The third-order valence-corrected chi connectivity index (χ3v) is 5.57. The van der Waals surface area contributed by atoms with Gasteiger partial charge in [0.2, 0.25) is 15.9 Å². The topological polar surface area (TPSA) is 97.8 Å². The molecule has 8 nitrogen and oxygen atoms in total. The number of nitrogens with zero attached hydrogens (tertiary/aromatic N) is 2. The smallest absolute Gasteiger partial charge is 0.243 e. The molecular weight excluding hydrogens is 382 g/mol. The average molecular weight is 407 g/mol. The SMILES string of the molecule is CCOCCOc1ccc(S(=O)(=O)N(C)CC(=O)Nc2cccc(C)n2)cc1. The van der Waals surface area contributed by atoms with Crippen molar-refractivity contribution in [1.29, 1.82) is 0 Å². The molecule has 0 spiro atoms. The summed E-state index contributed by atoms with van der Waals surface area (Å²) in [7, 11) is -2.46. The van der Waals surface area contributed by atoms with E-state index >= 15 is 0 Å². The minimum atomic E-state index is -3.81. The van der Waals surface area contributed by atoms with E-state index in [0.29, 0.717) is 31.4 Å². The number of nitrogens with one attached hydrogen (secondary N) is 1. The van der Waals surface area contributed by atoms with Crippen LogP contribution in [0.4, 0.5) is 5.82 Å². The van der Waals surface area contributed by atoms with Gasteiger partial charge in [-0.1, -0.05) is 6.07 Å². The van der Waals surface area contributed by atoms with Crippen LogP contribution in [0.25, 0.3) is 0 Å². The number of likely N-dealkylation sites (N-methyl/N-ethyl adjacent to an activating group) is 1. The number of hydrogen-bond acceptors (Lipinski definition) is 6. The van der Waals surface area contributed by atoms with E-state index < -0.39 is 15.9 Å². The van der Waals surface area contributed by atoms with Gasteiger partial charge in [0.1, 0.15) is 18.2 Å². The van der Waals surface area contributed by atoms with E-state index in [1.165, 1.54) is 19.2 Å². The number of aryl methyl sites for hydroxylation is 1. The van der Waals surface area contributed by atoms with Gasteiger partial charge in [-0.25, -0.2) is 13.4 Å². The fourth-order valence-corrected chi connectivity index (χ4v) is 3.46. The van der Waals surface area contributed by atoms with E-state index in [1.807, 2.05) is 6.92 Å². The molecule has 28 heavy (non-hydrogen) atoms. The van der Waals surface area contributed by atoms with Gasteiger partial charge in [0.05, 0.1) is 18.0 Å². The Hall–Kier alpha value is -2.49. The lowest BCUT2D eigenvalue weighted by atomic mass is 10.3. The fraction of sp³-hybridized carbons (Fsp3) is 0.368. The van der Waals surface area contributed by atoms with Crippen molar-refractivity contribution in [3.8, 4) is 5.75 Å². The summed E-state index contributed by atoms with van der Waals surface area (Å²) in [5.74, 6) is 0.453. The van der Waals surface area contributed by atoms with Crippen LogP contribution in [0.5, 0.6) is 5.75 Å². The van der Waals surface area contributed by atoms with Crippen LogP contribution in [0.1, 0.15) is 12.6 Å². The van der Waals surface area contributed by atoms with Crippen molar-refractivity contribution in [2.45, 2.75) is 18.7 Å². The van der Waals surface area contributed by atoms with Crippen LogP contribution in [-0.4, -0.2) is 57.0 Å². The summed E-state index contributed by atoms with van der Waals surface area (Å²) in [5, 5.41) is 2.59. The first kappa shape index (κ1) is 21.8. The quantitative estimate of drug-likeness (QED) is 0.606. The number of amides is 1. The van der Waals surface area contributed by atoms with Crippen molar-refractivity contribution in [1.82, 2.24) is 9.29 Å². The first-order valence-corrected chi connectivity index (χ1v) is 10.3. The molecule has 2 aromatic rings. The van der Waals surface area contributed by atoms with Crippen molar-refractivity contribution in [3.05, 3.63) is 48.2 Å². The number of aromatic nitrogens is 1. The van der Waals surface area contributed by atoms with Gasteiger partial charge < -0.3 is 14.8 Å². The van der Waals surface area contributed by atoms with Crippen LogP contribution in [0.2, 0.25) is 0 Å². The van der Waals surface area contributed by atoms with Gasteiger partial charge in [-0.3, -0.25) is 4.79 Å². The Bertz CT molecular complexity index is 885. The minimum absolute atomic E-state index is 0.0774. The summed E-state index contributed by atoms with van der Waals surface area (Å²) in [4.78, 5) is 16.4. The zero-order valence-electron chi connectivity index (χ0n) is 16.2. The van der Waals surface area contributed by atoms with E-state index in [0.717, 1.165) is 10.00 Å². The number of carbonyl (C=O) groups excluding carboxylic acids is 1. The zero-order chi connectivity index (χ0) is 20.6. The molecule has 1 N–H and O–H groups in total. The highest BCUT2D eigenvalue weighted by Gasteiger charge is 2.23. The minimum Gasteiger partial charge on any atom is -0.491 e. The van der Waals surface area contributed by atoms with Crippen LogP contribution in [-0.2, 0) is 19.6 Å². The van der Waals surface area contributed by atoms with Crippen molar-refractivity contribution >= 4 is 21.7 Å². The molecule has 0 radical (unpaired) electrons. The van der Waals surface area contributed by atoms with Gasteiger partial charge >= 0.3 is 0 Å². The highest BCUT2D eigenvalue weighted by Crippen LogP contribution is 2.19. The lowest BCUT2D eigenvalue weighted by molar-refractivity contribution is -0.116. The second-order valence-electron chi connectivity index (χ2n) is 5.99. The van der Waals surface area contributed by atoms with Gasteiger partial charge in [-0.15, -0.1) is 0 Å². The second-order valence-corrected chi connectivity index (χ2v) is 8.04. The number of anilines is 1. The number of benzene rings is 1. The zero-order valence-corrected chi connectivity index (χ0v) is 17.0. The fourth-order valence-electron chi connectivity index (χ4n) is 2.33. The lowest BCUT2D eigenvalue weighted by Crippen LogP contribution is -2.35. The molecule has 1 amide bonds. The van der Waals surface area contributed by atoms with Crippen LogP contribution >= 0.6 is 0 Å². The Morgan fingerprint density at radius 1 is 1.14 bits per heavy atom. The molecular formula is C19H25N3O5S. The Morgan fingerprint density at radius 3 is 2.50 bits per heavy atom. The van der Waals surface area contributed by atoms with Gasteiger partial charge in [0.25, 0.3) is 0 Å². The largest absolute Gasteiger partial charge is 0.491 e.